The van der Waals surface area contributed by atoms with Gasteiger partial charge in [0.2, 0.25) is 0 Å². The number of allylic oxidation sites excluding steroid dienone is 2. The second kappa shape index (κ2) is 6.61. The predicted octanol–water partition coefficient (Wildman–Crippen LogP) is 5.87. The molecule has 2 aliphatic rings. The Morgan fingerprint density at radius 2 is 1.88 bits per heavy atom. The van der Waals surface area contributed by atoms with Crippen molar-refractivity contribution >= 4 is 0 Å². The second-order valence-corrected chi connectivity index (χ2v) is 6.36. The zero-order chi connectivity index (χ0) is 12.0. The Balaban J connectivity index is 1.97. The van der Waals surface area contributed by atoms with E-state index in [2.05, 4.69) is 19.1 Å². The van der Waals surface area contributed by atoms with Crippen molar-refractivity contribution in [2.45, 2.75) is 84.0 Å². The van der Waals surface area contributed by atoms with Crippen LogP contribution in [0.25, 0.3) is 0 Å². The Bertz CT molecular complexity index is 232. The number of hydrogen-bond donors (Lipinski definition) is 0. The highest BCUT2D eigenvalue weighted by Gasteiger charge is 2.38. The van der Waals surface area contributed by atoms with E-state index in [1.807, 2.05) is 0 Å². The molecule has 0 amide bonds. The molecule has 2 aliphatic carbocycles. The lowest BCUT2D eigenvalue weighted by molar-refractivity contribution is 0.0734. The summed E-state index contributed by atoms with van der Waals surface area (Å²) in [7, 11) is 0. The van der Waals surface area contributed by atoms with Crippen LogP contribution in [-0.2, 0) is 0 Å². The summed E-state index contributed by atoms with van der Waals surface area (Å²) in [6.45, 7) is 2.33. The quantitative estimate of drug-likeness (QED) is 0.412. The third kappa shape index (κ3) is 3.36. The summed E-state index contributed by atoms with van der Waals surface area (Å²) in [5.74, 6) is 1.02. The molecule has 1 saturated carbocycles. The molecule has 17 heavy (non-hydrogen) atoms. The molecule has 98 valence electrons. The summed E-state index contributed by atoms with van der Waals surface area (Å²) in [5, 5.41) is 0. The maximum absolute atomic E-state index is 2.46. The summed E-state index contributed by atoms with van der Waals surface area (Å²) in [5.41, 5.74) is 0.748. The highest BCUT2D eigenvalue weighted by atomic mass is 14.4. The van der Waals surface area contributed by atoms with E-state index in [0.29, 0.717) is 0 Å². The van der Waals surface area contributed by atoms with Crippen LogP contribution in [0.5, 0.6) is 0 Å². The van der Waals surface area contributed by atoms with Crippen molar-refractivity contribution in [1.29, 1.82) is 0 Å². The maximum atomic E-state index is 2.46. The van der Waals surface area contributed by atoms with Crippen LogP contribution in [0.4, 0.5) is 0 Å². The van der Waals surface area contributed by atoms with Crippen LogP contribution >= 0.6 is 0 Å². The first-order valence-corrected chi connectivity index (χ1v) is 8.02. The average Bonchev–Trinajstić information content (AvgIpc) is 2.41. The summed E-state index contributed by atoms with van der Waals surface area (Å²) in [4.78, 5) is 0. The van der Waals surface area contributed by atoms with Crippen LogP contribution in [0.15, 0.2) is 12.2 Å². The van der Waals surface area contributed by atoms with Gasteiger partial charge in [0.25, 0.3) is 0 Å². The van der Waals surface area contributed by atoms with Gasteiger partial charge >= 0.3 is 0 Å². The Morgan fingerprint density at radius 1 is 1.06 bits per heavy atom. The van der Waals surface area contributed by atoms with Gasteiger partial charge in [-0.3, -0.25) is 0 Å². The van der Waals surface area contributed by atoms with E-state index in [9.17, 15) is 0 Å². The maximum Gasteiger partial charge on any atom is -0.0266 e. The summed E-state index contributed by atoms with van der Waals surface area (Å²) in [6, 6.07) is 0. The average molecular weight is 234 g/mol. The van der Waals surface area contributed by atoms with E-state index in [0.717, 1.165) is 11.3 Å². The highest BCUT2D eigenvalue weighted by molar-refractivity contribution is 4.98. The molecule has 0 heterocycles. The topological polar surface area (TPSA) is 0 Å². The molecule has 0 bridgehead atoms. The lowest BCUT2D eigenvalue weighted by Crippen LogP contribution is -2.33. The van der Waals surface area contributed by atoms with Crippen LogP contribution in [0, 0.1) is 11.3 Å². The molecule has 0 spiro atoms. The number of rotatable bonds is 5. The van der Waals surface area contributed by atoms with E-state index < -0.39 is 0 Å². The first-order chi connectivity index (χ1) is 8.37. The Morgan fingerprint density at radius 3 is 2.53 bits per heavy atom. The Labute approximate surface area is 108 Å². The minimum absolute atomic E-state index is 0.748. The monoisotopic (exact) mass is 234 g/mol. The molecule has 0 aliphatic heterocycles. The van der Waals surface area contributed by atoms with E-state index in [-0.39, 0.29) is 0 Å². The van der Waals surface area contributed by atoms with Gasteiger partial charge in [0.1, 0.15) is 0 Å². The Hall–Kier alpha value is -0.260. The summed E-state index contributed by atoms with van der Waals surface area (Å²) < 4.78 is 0. The van der Waals surface area contributed by atoms with Crippen molar-refractivity contribution < 1.29 is 0 Å². The zero-order valence-corrected chi connectivity index (χ0v) is 11.7. The van der Waals surface area contributed by atoms with Crippen molar-refractivity contribution in [3.63, 3.8) is 0 Å². The standard InChI is InChI=1S/C17H30/c1-2-3-8-13-17(14-9-5-10-15-17)16-11-6-4-7-12-16/h4,6,16H,2-3,5,7-15H2,1H3. The van der Waals surface area contributed by atoms with Gasteiger partial charge in [-0.05, 0) is 49.9 Å². The van der Waals surface area contributed by atoms with Crippen LogP contribution in [0.2, 0.25) is 0 Å². The fraction of sp³-hybridized carbons (Fsp3) is 0.882. The van der Waals surface area contributed by atoms with E-state index in [4.69, 9.17) is 0 Å². The summed E-state index contributed by atoms with van der Waals surface area (Å²) in [6.07, 6.45) is 22.5. The lowest BCUT2D eigenvalue weighted by atomic mass is 9.60. The van der Waals surface area contributed by atoms with Gasteiger partial charge in [-0.2, -0.15) is 0 Å². The molecule has 0 aromatic heterocycles. The van der Waals surface area contributed by atoms with Gasteiger partial charge < -0.3 is 0 Å². The molecule has 0 aromatic rings. The van der Waals surface area contributed by atoms with Gasteiger partial charge in [0, 0.05) is 0 Å². The third-order valence-electron chi connectivity index (χ3n) is 5.26. The second-order valence-electron chi connectivity index (χ2n) is 6.36. The first kappa shape index (κ1) is 13.2. The number of hydrogen-bond acceptors (Lipinski definition) is 0. The smallest absolute Gasteiger partial charge is 0.0266 e. The van der Waals surface area contributed by atoms with Gasteiger partial charge in [-0.25, -0.2) is 0 Å². The predicted molar refractivity (Wildman–Crippen MR) is 76.1 cm³/mol. The fourth-order valence-electron chi connectivity index (χ4n) is 4.20. The van der Waals surface area contributed by atoms with Gasteiger partial charge in [-0.15, -0.1) is 0 Å². The van der Waals surface area contributed by atoms with E-state index in [1.165, 1.54) is 77.0 Å². The minimum atomic E-state index is 0.748. The molecular weight excluding hydrogens is 204 g/mol. The van der Waals surface area contributed by atoms with Crippen molar-refractivity contribution in [1.82, 2.24) is 0 Å². The SMILES string of the molecule is CCCCCC1(C2CC=CCC2)CCCCC1. The molecule has 1 unspecified atom stereocenters. The molecule has 0 radical (unpaired) electrons. The van der Waals surface area contributed by atoms with Crippen LogP contribution in [-0.4, -0.2) is 0 Å². The molecule has 1 atom stereocenters. The lowest BCUT2D eigenvalue weighted by Gasteiger charge is -2.45. The molecule has 0 heteroatoms. The highest BCUT2D eigenvalue weighted by Crippen LogP contribution is 2.50. The normalized spacial score (nSPS) is 28.2. The summed E-state index contributed by atoms with van der Waals surface area (Å²) >= 11 is 0. The van der Waals surface area contributed by atoms with E-state index in [1.54, 1.807) is 0 Å². The van der Waals surface area contributed by atoms with Crippen molar-refractivity contribution in [2.75, 3.05) is 0 Å². The van der Waals surface area contributed by atoms with E-state index >= 15 is 0 Å². The van der Waals surface area contributed by atoms with Gasteiger partial charge in [0.05, 0.1) is 0 Å². The molecule has 0 N–H and O–H groups in total. The van der Waals surface area contributed by atoms with Crippen molar-refractivity contribution in [3.8, 4) is 0 Å². The molecule has 1 fully saturated rings. The third-order valence-corrected chi connectivity index (χ3v) is 5.26. The van der Waals surface area contributed by atoms with Crippen LogP contribution < -0.4 is 0 Å². The number of unbranched alkanes of at least 4 members (excludes halogenated alkanes) is 2. The molecule has 0 aromatic carbocycles. The zero-order valence-electron chi connectivity index (χ0n) is 11.7. The van der Waals surface area contributed by atoms with Crippen molar-refractivity contribution in [3.05, 3.63) is 12.2 Å². The minimum Gasteiger partial charge on any atom is -0.0885 e. The largest absolute Gasteiger partial charge is 0.0885 e. The molecule has 0 saturated heterocycles. The van der Waals surface area contributed by atoms with Gasteiger partial charge in [-0.1, -0.05) is 57.6 Å². The first-order valence-electron chi connectivity index (χ1n) is 8.02. The van der Waals surface area contributed by atoms with Gasteiger partial charge in [0.15, 0.2) is 0 Å². The molecule has 0 nitrogen and oxygen atoms in total. The Kier molecular flexibility index (Phi) is 5.13. The van der Waals surface area contributed by atoms with Crippen LogP contribution in [0.1, 0.15) is 84.0 Å². The van der Waals surface area contributed by atoms with Crippen LogP contribution in [0.3, 0.4) is 0 Å². The fourth-order valence-corrected chi connectivity index (χ4v) is 4.20. The van der Waals surface area contributed by atoms with Crippen molar-refractivity contribution in [2.24, 2.45) is 11.3 Å². The molecular formula is C17H30. The molecule has 2 rings (SSSR count).